The van der Waals surface area contributed by atoms with Crippen molar-refractivity contribution in [2.24, 2.45) is 17.3 Å². The average Bonchev–Trinajstić information content (AvgIpc) is 3.27. The van der Waals surface area contributed by atoms with E-state index in [9.17, 15) is 10.1 Å². The molecule has 0 heterocycles. The van der Waals surface area contributed by atoms with Crippen LogP contribution < -0.4 is 4.74 Å². The van der Waals surface area contributed by atoms with E-state index in [1.807, 2.05) is 44.2 Å². The van der Waals surface area contributed by atoms with Crippen LogP contribution in [-0.4, -0.2) is 12.9 Å². The number of carbonyl (C=O) groups excluding carboxylic acids is 1. The smallest absolute Gasteiger partial charge is 0.311 e. The van der Waals surface area contributed by atoms with Gasteiger partial charge in [0.15, 0.2) is 0 Å². The Morgan fingerprint density at radius 2 is 1.73 bits per heavy atom. The van der Waals surface area contributed by atoms with E-state index >= 15 is 0 Å². The zero-order chi connectivity index (χ0) is 22.1. The summed E-state index contributed by atoms with van der Waals surface area (Å²) < 4.78 is 10.9. The zero-order valence-corrected chi connectivity index (χ0v) is 22.5. The first-order valence-electron chi connectivity index (χ1n) is 9.19. The van der Waals surface area contributed by atoms with Gasteiger partial charge < -0.3 is 9.47 Å². The van der Waals surface area contributed by atoms with Gasteiger partial charge in [0, 0.05) is 5.56 Å². The third-order valence-corrected chi connectivity index (χ3v) is 9.86. The summed E-state index contributed by atoms with van der Waals surface area (Å²) in [6.45, 7) is 4.04. The fraction of sp³-hybridized carbons (Fsp3) is 0.364. The van der Waals surface area contributed by atoms with Gasteiger partial charge in [0.05, 0.1) is 10.7 Å². The van der Waals surface area contributed by atoms with E-state index in [0.29, 0.717) is 17.1 Å². The molecule has 8 heteroatoms. The molecule has 2 aromatic rings. The molecule has 0 N–H and O–H groups in total. The second kappa shape index (κ2) is 9.32. The van der Waals surface area contributed by atoms with E-state index in [-0.39, 0.29) is 28.0 Å². The second-order valence-electron chi connectivity index (χ2n) is 7.70. The van der Waals surface area contributed by atoms with Crippen LogP contribution in [0.2, 0.25) is 0 Å². The van der Waals surface area contributed by atoms with Gasteiger partial charge >= 0.3 is 5.97 Å². The minimum atomic E-state index is -1.01. The molecule has 4 atom stereocenters. The van der Waals surface area contributed by atoms with Gasteiger partial charge in [-0.1, -0.05) is 108 Å². The van der Waals surface area contributed by atoms with Crippen molar-refractivity contribution in [3.8, 4) is 17.6 Å². The lowest BCUT2D eigenvalue weighted by Crippen LogP contribution is -2.23. The lowest BCUT2D eigenvalue weighted by Gasteiger charge is -2.21. The van der Waals surface area contributed by atoms with Gasteiger partial charge in [0.1, 0.15) is 19.7 Å². The second-order valence-corrected chi connectivity index (χ2v) is 15.6. The monoisotopic (exact) mass is 661 g/mol. The van der Waals surface area contributed by atoms with Crippen molar-refractivity contribution in [1.82, 2.24) is 0 Å². The highest BCUT2D eigenvalue weighted by molar-refractivity contribution is 9.40. The maximum Gasteiger partial charge on any atom is 0.311 e. The maximum atomic E-state index is 12.9. The Balaban J connectivity index is 1.72. The molecule has 3 rings (SSSR count). The highest BCUT2D eigenvalue weighted by Crippen LogP contribution is 2.66. The van der Waals surface area contributed by atoms with Crippen LogP contribution in [0.5, 0.6) is 11.5 Å². The summed E-state index contributed by atoms with van der Waals surface area (Å²) in [5, 5.41) is 9.65. The van der Waals surface area contributed by atoms with Crippen LogP contribution in [0.3, 0.4) is 0 Å². The molecule has 158 valence electrons. The average molecular weight is 665 g/mol. The molecule has 0 aliphatic heterocycles. The molecular formula is C22H19Br4NO3. The molecule has 0 saturated heterocycles. The summed E-state index contributed by atoms with van der Waals surface area (Å²) in [6, 6.07) is 18.5. The fourth-order valence-corrected chi connectivity index (χ4v) is 5.44. The number of carbonyl (C=O) groups is 1. The third kappa shape index (κ3) is 5.29. The van der Waals surface area contributed by atoms with Crippen LogP contribution in [0.4, 0.5) is 0 Å². The summed E-state index contributed by atoms with van der Waals surface area (Å²) in [5.74, 6) is 0.576. The Bertz CT molecular complexity index is 953. The first-order chi connectivity index (χ1) is 14.1. The van der Waals surface area contributed by atoms with E-state index in [4.69, 9.17) is 9.47 Å². The number of rotatable bonds is 6. The lowest BCUT2D eigenvalue weighted by molar-refractivity contribution is -0.149. The Labute approximate surface area is 209 Å². The molecule has 0 bridgehead atoms. The molecule has 0 amide bonds. The molecule has 1 saturated carbocycles. The normalized spacial score (nSPS) is 21.8. The molecule has 1 unspecified atom stereocenters. The molecule has 4 nitrogen and oxygen atoms in total. The van der Waals surface area contributed by atoms with Gasteiger partial charge in [-0.05, 0) is 35.6 Å². The van der Waals surface area contributed by atoms with E-state index in [2.05, 4.69) is 69.8 Å². The quantitative estimate of drug-likeness (QED) is 0.238. The minimum absolute atomic E-state index is 0.0233. The molecule has 2 aromatic carbocycles. The van der Waals surface area contributed by atoms with Crippen molar-refractivity contribution in [2.75, 3.05) is 0 Å². The number of ether oxygens (including phenoxy) is 2. The van der Waals surface area contributed by atoms with Crippen molar-refractivity contribution in [1.29, 1.82) is 5.26 Å². The fourth-order valence-electron chi connectivity index (χ4n) is 3.60. The van der Waals surface area contributed by atoms with E-state index in [1.54, 1.807) is 24.3 Å². The summed E-state index contributed by atoms with van der Waals surface area (Å²) in [4.78, 5) is 12.8. The van der Waals surface area contributed by atoms with Crippen molar-refractivity contribution >= 4 is 69.7 Å². The Morgan fingerprint density at radius 3 is 2.33 bits per heavy atom. The molecule has 1 fully saturated rings. The van der Waals surface area contributed by atoms with Crippen LogP contribution >= 0.6 is 63.7 Å². The predicted octanol–water partition coefficient (Wildman–Crippen LogP) is 7.46. The number of esters is 1. The summed E-state index contributed by atoms with van der Waals surface area (Å²) >= 11 is 14.2. The number of nitrogens with zero attached hydrogens (tertiary/aromatic N) is 1. The predicted molar refractivity (Wildman–Crippen MR) is 130 cm³/mol. The van der Waals surface area contributed by atoms with Gasteiger partial charge in [-0.15, -0.1) is 0 Å². The number of benzene rings is 2. The number of nitriles is 1. The molecular weight excluding hydrogens is 646 g/mol. The first kappa shape index (κ1) is 23.8. The summed E-state index contributed by atoms with van der Waals surface area (Å²) in [7, 11) is 0. The van der Waals surface area contributed by atoms with Gasteiger partial charge in [0.2, 0.25) is 6.10 Å². The van der Waals surface area contributed by atoms with Crippen LogP contribution in [0.1, 0.15) is 25.5 Å². The number of halogens is 4. The Morgan fingerprint density at radius 1 is 1.10 bits per heavy atom. The van der Waals surface area contributed by atoms with Gasteiger partial charge in [-0.25, -0.2) is 0 Å². The van der Waals surface area contributed by atoms with Crippen molar-refractivity contribution in [3.63, 3.8) is 0 Å². The van der Waals surface area contributed by atoms with E-state index < -0.39 is 8.25 Å². The number of hydrogen-bond donors (Lipinski definition) is 0. The van der Waals surface area contributed by atoms with Crippen LogP contribution in [-0.2, 0) is 9.53 Å². The standard InChI is InChI=1S/C22H19Br4NO3/c1-21(2)17(19(23)22(24,25)26)18(21)20(28)30-16(12-27)13-7-6-10-15(11-13)29-14-8-4-3-5-9-14/h3-11,16-19H,1-2H3/t16-,17+,18-,19?/m0/s1. The zero-order valence-electron chi connectivity index (χ0n) is 16.2. The SMILES string of the molecule is CC1(C)[C@H](C(=O)O[C@@H](C#N)c2cccc(Oc3ccccc3)c2)[C@@H]1C(Br)C(Br)(Br)Br. The summed E-state index contributed by atoms with van der Waals surface area (Å²) in [5.41, 5.74) is 0.310. The van der Waals surface area contributed by atoms with Gasteiger partial charge in [0.25, 0.3) is 0 Å². The topological polar surface area (TPSA) is 59.3 Å². The van der Waals surface area contributed by atoms with Crippen LogP contribution in [0, 0.1) is 28.6 Å². The third-order valence-electron chi connectivity index (χ3n) is 5.28. The van der Waals surface area contributed by atoms with Gasteiger partial charge in [-0.3, -0.25) is 4.79 Å². The Kier molecular flexibility index (Phi) is 7.38. The largest absolute Gasteiger partial charge is 0.457 e. The molecule has 30 heavy (non-hydrogen) atoms. The number of hydrogen-bond acceptors (Lipinski definition) is 4. The Hall–Kier alpha value is -0.880. The van der Waals surface area contributed by atoms with Crippen molar-refractivity contribution in [3.05, 3.63) is 60.2 Å². The van der Waals surface area contributed by atoms with Crippen LogP contribution in [0.15, 0.2) is 54.6 Å². The van der Waals surface area contributed by atoms with Crippen molar-refractivity contribution < 1.29 is 14.3 Å². The molecule has 1 aliphatic rings. The number of alkyl halides is 4. The molecule has 1 aliphatic carbocycles. The van der Waals surface area contributed by atoms with E-state index in [0.717, 1.165) is 0 Å². The summed E-state index contributed by atoms with van der Waals surface area (Å²) in [6.07, 6.45) is -1.01. The minimum Gasteiger partial charge on any atom is -0.457 e. The lowest BCUT2D eigenvalue weighted by atomic mass is 10.1. The maximum absolute atomic E-state index is 12.9. The van der Waals surface area contributed by atoms with Gasteiger partial charge in [-0.2, -0.15) is 5.26 Å². The highest BCUT2D eigenvalue weighted by atomic mass is 80.0. The van der Waals surface area contributed by atoms with Crippen LogP contribution in [0.25, 0.3) is 0 Å². The highest BCUT2D eigenvalue weighted by Gasteiger charge is 2.67. The molecule has 0 radical (unpaired) electrons. The van der Waals surface area contributed by atoms with E-state index in [1.165, 1.54) is 0 Å². The molecule has 0 aromatic heterocycles. The van der Waals surface area contributed by atoms with Crippen molar-refractivity contribution in [2.45, 2.75) is 26.9 Å². The first-order valence-corrected chi connectivity index (χ1v) is 12.5. The molecule has 0 spiro atoms. The number of para-hydroxylation sites is 1.